The molecule has 1 N–H and O–H groups in total. The van der Waals surface area contributed by atoms with Crippen LogP contribution in [0.15, 0.2) is 29.8 Å². The van der Waals surface area contributed by atoms with E-state index in [4.69, 9.17) is 4.74 Å². The van der Waals surface area contributed by atoms with E-state index in [0.717, 1.165) is 13.0 Å². The van der Waals surface area contributed by atoms with Gasteiger partial charge in [0.1, 0.15) is 0 Å². The molecule has 0 saturated carbocycles. The fourth-order valence-corrected chi connectivity index (χ4v) is 1.80. The minimum atomic E-state index is 0.522. The highest BCUT2D eigenvalue weighted by atomic mass is 16.5. The molecule has 18 heavy (non-hydrogen) atoms. The summed E-state index contributed by atoms with van der Waals surface area (Å²) in [6.45, 7) is 8.17. The van der Waals surface area contributed by atoms with Crippen LogP contribution in [0.5, 0.6) is 0 Å². The summed E-state index contributed by atoms with van der Waals surface area (Å²) in [5.41, 5.74) is 3.93. The standard InChI is InChI=1S/C16H25NO/c1-5-14(11-17-13(2)3)10-15-8-6-7-9-16(15)12-18-4/h6-10,13,17H,5,11-12H2,1-4H3. The molecule has 0 aliphatic heterocycles. The Kier molecular flexibility index (Phi) is 6.69. The van der Waals surface area contributed by atoms with Gasteiger partial charge < -0.3 is 10.1 Å². The van der Waals surface area contributed by atoms with Gasteiger partial charge in [-0.15, -0.1) is 0 Å². The third kappa shape index (κ3) is 5.03. The first kappa shape index (κ1) is 14.9. The maximum absolute atomic E-state index is 5.24. The molecule has 2 nitrogen and oxygen atoms in total. The second-order valence-corrected chi connectivity index (χ2v) is 4.82. The van der Waals surface area contributed by atoms with Crippen molar-refractivity contribution in [3.05, 3.63) is 41.0 Å². The van der Waals surface area contributed by atoms with Gasteiger partial charge in [-0.25, -0.2) is 0 Å². The van der Waals surface area contributed by atoms with E-state index < -0.39 is 0 Å². The lowest BCUT2D eigenvalue weighted by molar-refractivity contribution is 0.184. The van der Waals surface area contributed by atoms with Gasteiger partial charge in [0.05, 0.1) is 6.61 Å². The fraction of sp³-hybridized carbons (Fsp3) is 0.500. The predicted molar refractivity (Wildman–Crippen MR) is 78.6 cm³/mol. The Balaban J connectivity index is 2.83. The van der Waals surface area contributed by atoms with E-state index in [0.29, 0.717) is 12.6 Å². The van der Waals surface area contributed by atoms with Crippen LogP contribution >= 0.6 is 0 Å². The van der Waals surface area contributed by atoms with Gasteiger partial charge >= 0.3 is 0 Å². The third-order valence-electron chi connectivity index (χ3n) is 2.91. The molecule has 1 aromatic rings. The quantitative estimate of drug-likeness (QED) is 0.794. The fourth-order valence-electron chi connectivity index (χ4n) is 1.80. The first-order valence-corrected chi connectivity index (χ1v) is 6.67. The molecule has 0 saturated heterocycles. The molecule has 0 radical (unpaired) electrons. The molecule has 0 amide bonds. The molecule has 0 spiro atoms. The van der Waals surface area contributed by atoms with E-state index in [-0.39, 0.29) is 0 Å². The largest absolute Gasteiger partial charge is 0.380 e. The van der Waals surface area contributed by atoms with Crippen molar-refractivity contribution in [1.82, 2.24) is 5.32 Å². The van der Waals surface area contributed by atoms with Crippen LogP contribution in [-0.2, 0) is 11.3 Å². The number of rotatable bonds is 7. The molecule has 0 bridgehead atoms. The number of hydrogen-bond acceptors (Lipinski definition) is 2. The summed E-state index contributed by atoms with van der Waals surface area (Å²) in [7, 11) is 1.74. The van der Waals surface area contributed by atoms with Gasteiger partial charge in [0.2, 0.25) is 0 Å². The zero-order chi connectivity index (χ0) is 13.4. The van der Waals surface area contributed by atoms with Crippen molar-refractivity contribution in [3.8, 4) is 0 Å². The van der Waals surface area contributed by atoms with Crippen molar-refractivity contribution in [2.24, 2.45) is 0 Å². The maximum atomic E-state index is 5.24. The molecule has 1 rings (SSSR count). The van der Waals surface area contributed by atoms with Crippen LogP contribution in [0.2, 0.25) is 0 Å². The van der Waals surface area contributed by atoms with E-state index in [1.807, 2.05) is 0 Å². The molecule has 0 aliphatic carbocycles. The minimum Gasteiger partial charge on any atom is -0.380 e. The van der Waals surface area contributed by atoms with Crippen molar-refractivity contribution in [1.29, 1.82) is 0 Å². The summed E-state index contributed by atoms with van der Waals surface area (Å²) < 4.78 is 5.24. The molecule has 0 atom stereocenters. The number of hydrogen-bond donors (Lipinski definition) is 1. The van der Waals surface area contributed by atoms with Crippen molar-refractivity contribution in [3.63, 3.8) is 0 Å². The number of methoxy groups -OCH3 is 1. The van der Waals surface area contributed by atoms with Gasteiger partial charge in [-0.1, -0.05) is 56.7 Å². The average molecular weight is 247 g/mol. The first-order chi connectivity index (χ1) is 8.67. The predicted octanol–water partition coefficient (Wildman–Crippen LogP) is 3.62. The normalized spacial score (nSPS) is 12.2. The molecular weight excluding hydrogens is 222 g/mol. The lowest BCUT2D eigenvalue weighted by atomic mass is 10.0. The van der Waals surface area contributed by atoms with Gasteiger partial charge in [0, 0.05) is 19.7 Å². The van der Waals surface area contributed by atoms with Crippen LogP contribution in [0.25, 0.3) is 6.08 Å². The Morgan fingerprint density at radius 3 is 2.67 bits per heavy atom. The Morgan fingerprint density at radius 1 is 1.33 bits per heavy atom. The van der Waals surface area contributed by atoms with Crippen molar-refractivity contribution in [2.45, 2.75) is 39.8 Å². The molecule has 0 unspecified atom stereocenters. The maximum Gasteiger partial charge on any atom is 0.0718 e. The van der Waals surface area contributed by atoms with Crippen LogP contribution < -0.4 is 5.32 Å². The molecule has 0 aromatic heterocycles. The summed E-state index contributed by atoms with van der Waals surface area (Å²) >= 11 is 0. The average Bonchev–Trinajstić information content (AvgIpc) is 2.36. The Labute approximate surface area is 111 Å². The molecule has 0 fully saturated rings. The van der Waals surface area contributed by atoms with E-state index in [1.165, 1.54) is 16.7 Å². The molecule has 2 heteroatoms. The van der Waals surface area contributed by atoms with E-state index in [2.05, 4.69) is 56.4 Å². The Morgan fingerprint density at radius 2 is 2.06 bits per heavy atom. The van der Waals surface area contributed by atoms with E-state index in [1.54, 1.807) is 7.11 Å². The molecule has 100 valence electrons. The second kappa shape index (κ2) is 8.06. The van der Waals surface area contributed by atoms with Crippen molar-refractivity contribution in [2.75, 3.05) is 13.7 Å². The van der Waals surface area contributed by atoms with Gasteiger partial charge in [-0.05, 0) is 17.5 Å². The first-order valence-electron chi connectivity index (χ1n) is 6.67. The van der Waals surface area contributed by atoms with Crippen LogP contribution in [0.3, 0.4) is 0 Å². The topological polar surface area (TPSA) is 21.3 Å². The monoisotopic (exact) mass is 247 g/mol. The highest BCUT2D eigenvalue weighted by Crippen LogP contribution is 2.15. The highest BCUT2D eigenvalue weighted by Gasteiger charge is 2.01. The molecule has 0 heterocycles. The molecule has 0 aliphatic rings. The third-order valence-corrected chi connectivity index (χ3v) is 2.91. The summed E-state index contributed by atoms with van der Waals surface area (Å²) in [4.78, 5) is 0. The smallest absolute Gasteiger partial charge is 0.0718 e. The number of nitrogens with one attached hydrogen (secondary N) is 1. The zero-order valence-electron chi connectivity index (χ0n) is 12.0. The van der Waals surface area contributed by atoms with Gasteiger partial charge in [-0.2, -0.15) is 0 Å². The highest BCUT2D eigenvalue weighted by molar-refractivity contribution is 5.56. The van der Waals surface area contributed by atoms with Gasteiger partial charge in [0.15, 0.2) is 0 Å². The Bertz CT molecular complexity index is 382. The van der Waals surface area contributed by atoms with E-state index in [9.17, 15) is 0 Å². The molecular formula is C16H25NO. The number of ether oxygens (including phenoxy) is 1. The lowest BCUT2D eigenvalue weighted by Gasteiger charge is -2.11. The van der Waals surface area contributed by atoms with Crippen LogP contribution in [-0.4, -0.2) is 19.7 Å². The Hall–Kier alpha value is -1.12. The second-order valence-electron chi connectivity index (χ2n) is 4.82. The number of benzene rings is 1. The van der Waals surface area contributed by atoms with Crippen molar-refractivity contribution < 1.29 is 4.74 Å². The van der Waals surface area contributed by atoms with Crippen molar-refractivity contribution >= 4 is 6.08 Å². The van der Waals surface area contributed by atoms with Crippen LogP contribution in [0.1, 0.15) is 38.3 Å². The van der Waals surface area contributed by atoms with Crippen LogP contribution in [0.4, 0.5) is 0 Å². The summed E-state index contributed by atoms with van der Waals surface area (Å²) in [6, 6.07) is 8.93. The van der Waals surface area contributed by atoms with E-state index >= 15 is 0 Å². The van der Waals surface area contributed by atoms with Gasteiger partial charge in [-0.3, -0.25) is 0 Å². The van der Waals surface area contributed by atoms with Gasteiger partial charge in [0.25, 0.3) is 0 Å². The molecule has 1 aromatic carbocycles. The van der Waals surface area contributed by atoms with Crippen LogP contribution in [0, 0.1) is 0 Å². The summed E-state index contributed by atoms with van der Waals surface area (Å²) in [5.74, 6) is 0. The zero-order valence-corrected chi connectivity index (χ0v) is 12.0. The minimum absolute atomic E-state index is 0.522. The lowest BCUT2D eigenvalue weighted by Crippen LogP contribution is -2.24. The summed E-state index contributed by atoms with van der Waals surface area (Å²) in [6.07, 6.45) is 3.35. The SMILES string of the molecule is CCC(=Cc1ccccc1COC)CNC(C)C. The summed E-state index contributed by atoms with van der Waals surface area (Å²) in [5, 5.41) is 3.47.